The molecule has 0 saturated heterocycles. The number of nitrogens with zero attached hydrogens (tertiary/aromatic N) is 2. The zero-order valence-corrected chi connectivity index (χ0v) is 46.2. The number of aryl methyl sites for hydroxylation is 3. The van der Waals surface area contributed by atoms with E-state index in [0.29, 0.717) is 19.0 Å². The zero-order valence-electron chi connectivity index (χ0n) is 42.8. The van der Waals surface area contributed by atoms with Gasteiger partial charge in [-0.25, -0.2) is 0 Å². The van der Waals surface area contributed by atoms with Crippen LogP contribution in [0.3, 0.4) is 0 Å². The molecule has 0 amide bonds. The first kappa shape index (κ1) is 54.4. The van der Waals surface area contributed by atoms with Gasteiger partial charge in [0.1, 0.15) is 0 Å². The number of hydrogen-bond donors (Lipinski definition) is 1. The monoisotopic (exact) mass is 1110 g/mol. The van der Waals surface area contributed by atoms with Crippen LogP contribution in [0.25, 0.3) is 44.1 Å². The van der Waals surface area contributed by atoms with Gasteiger partial charge in [0.05, 0.1) is 29.7 Å². The van der Waals surface area contributed by atoms with Crippen LogP contribution in [-0.4, -0.2) is 43.2 Å². The largest absolute Gasteiger partial charge is 0.512 e. The van der Waals surface area contributed by atoms with Crippen molar-refractivity contribution < 1.29 is 44.5 Å². The Morgan fingerprint density at radius 1 is 0.712 bits per heavy atom. The molecular weight excluding hydrogens is 1040 g/mol. The van der Waals surface area contributed by atoms with Crippen LogP contribution in [0.2, 0.25) is 39.3 Å². The average Bonchev–Trinajstić information content (AvgIpc) is 3.20. The first-order valence-corrected chi connectivity index (χ1v) is 29.9. The normalized spacial score (nSPS) is 13.0. The number of carbonyl (C=O) groups excluding carboxylic acids is 1. The third-order valence-corrected chi connectivity index (χ3v) is 15.9. The number of allylic oxidation sites excluding steroid dienone is 2. The van der Waals surface area contributed by atoms with Crippen molar-refractivity contribution in [3.05, 3.63) is 131 Å². The molecule has 0 aliphatic carbocycles. The first-order valence-electron chi connectivity index (χ1n) is 23.4. The number of pyridine rings is 2. The summed E-state index contributed by atoms with van der Waals surface area (Å²) in [6.07, 6.45) is -0.825. The second-order valence-corrected chi connectivity index (χ2v) is 30.7. The number of rotatable bonds is 11. The van der Waals surface area contributed by atoms with Crippen LogP contribution >= 0.6 is 0 Å². The molecule has 1 unspecified atom stereocenters. The van der Waals surface area contributed by atoms with Crippen molar-refractivity contribution in [2.24, 2.45) is 11.8 Å². The van der Waals surface area contributed by atoms with Crippen LogP contribution < -0.4 is 10.4 Å². The topological polar surface area (TPSA) is 63.1 Å². The van der Waals surface area contributed by atoms with Gasteiger partial charge in [-0.3, -0.25) is 4.79 Å². The van der Waals surface area contributed by atoms with E-state index in [1.165, 1.54) is 37.8 Å². The second kappa shape index (κ2) is 23.2. The summed E-state index contributed by atoms with van der Waals surface area (Å²) < 4.78 is 44.9. The molecule has 0 saturated carbocycles. The van der Waals surface area contributed by atoms with Crippen molar-refractivity contribution in [1.29, 1.82) is 0 Å². The summed E-state index contributed by atoms with van der Waals surface area (Å²) in [5.74, 6) is -2.00. The van der Waals surface area contributed by atoms with Gasteiger partial charge in [0.25, 0.3) is 0 Å². The Bertz CT molecular complexity index is 2660. The number of hydrogen-bond acceptors (Lipinski definition) is 4. The number of aromatic nitrogens is 2. The Morgan fingerprint density at radius 3 is 1.67 bits per heavy atom. The van der Waals surface area contributed by atoms with Gasteiger partial charge in [-0.1, -0.05) is 148 Å². The molecule has 0 spiro atoms. The molecule has 1 N–H and O–H groups in total. The molecule has 1 radical (unpaired) electrons. The van der Waals surface area contributed by atoms with E-state index in [1.54, 1.807) is 6.92 Å². The van der Waals surface area contributed by atoms with Gasteiger partial charge in [-0.2, -0.15) is 13.2 Å². The number of ketones is 1. The molecule has 4 aromatic carbocycles. The maximum Gasteiger partial charge on any atom is 0.389 e. The van der Waals surface area contributed by atoms with Crippen LogP contribution in [0.4, 0.5) is 13.2 Å². The molecule has 0 fully saturated rings. The van der Waals surface area contributed by atoms with Crippen molar-refractivity contribution in [2.75, 3.05) is 0 Å². The molecule has 66 heavy (non-hydrogen) atoms. The van der Waals surface area contributed by atoms with E-state index in [2.05, 4.69) is 158 Å². The number of aliphatic hydroxyl groups excluding tert-OH is 1. The van der Waals surface area contributed by atoms with Crippen LogP contribution in [0.5, 0.6) is 0 Å². The van der Waals surface area contributed by atoms with E-state index in [1.807, 2.05) is 33.0 Å². The van der Waals surface area contributed by atoms with Crippen molar-refractivity contribution in [3.8, 4) is 22.5 Å². The molecule has 6 aromatic rings. The molecule has 2 aromatic heterocycles. The van der Waals surface area contributed by atoms with Crippen LogP contribution in [-0.2, 0) is 30.3 Å². The minimum Gasteiger partial charge on any atom is -0.512 e. The van der Waals surface area contributed by atoms with Crippen molar-refractivity contribution >= 4 is 53.8 Å². The van der Waals surface area contributed by atoms with Gasteiger partial charge in [-0.05, 0) is 69.7 Å². The van der Waals surface area contributed by atoms with Gasteiger partial charge in [0, 0.05) is 50.4 Å². The fourth-order valence-corrected chi connectivity index (χ4v) is 10.1. The standard InChI is InChI=1S/C23H28NSi.C20H22NSi.C13H21F3O2.Ir/c1-16-12-18(14-19(13-16)23(2,3)4)22-21-9-8-20(25(5,6)7)15-17(21)10-11-24-22;1-14-10-15(2)12-17(11-14)20-19-7-6-18(22(3,4)5)13-16(19)8-9-21-20;1-4-9(5-2)11(17)7-12(18)10(6-3)8-13(14,15)16;/h8-11,13-15H,1-7H3;6-11,13H,1-5H3;7,9-10,18H,4-6,8H2,1-3H3;/q2*-1;;/b;;12-7-;/i;9D;;. The summed E-state index contributed by atoms with van der Waals surface area (Å²) in [4.78, 5) is 20.9. The smallest absolute Gasteiger partial charge is 0.389 e. The summed E-state index contributed by atoms with van der Waals surface area (Å²) in [5.41, 5.74) is 8.87. The molecule has 357 valence electrons. The molecule has 0 aliphatic rings. The third-order valence-electron chi connectivity index (χ3n) is 11.8. The van der Waals surface area contributed by atoms with Gasteiger partial charge >= 0.3 is 6.18 Å². The summed E-state index contributed by atoms with van der Waals surface area (Å²) in [5, 5.41) is 17.2. The summed E-state index contributed by atoms with van der Waals surface area (Å²) in [6, 6.07) is 33.1. The molecule has 0 aliphatic heterocycles. The zero-order chi connectivity index (χ0) is 49.5. The second-order valence-electron chi connectivity index (χ2n) is 20.5. The Morgan fingerprint density at radius 2 is 1.20 bits per heavy atom. The van der Waals surface area contributed by atoms with Gasteiger partial charge in [0.2, 0.25) is 0 Å². The Kier molecular flexibility index (Phi) is 19.1. The quantitative estimate of drug-likeness (QED) is 0.0608. The maximum absolute atomic E-state index is 12.3. The molecule has 6 rings (SSSR count). The van der Waals surface area contributed by atoms with Crippen molar-refractivity contribution in [1.82, 2.24) is 9.97 Å². The number of alkyl halides is 3. The van der Waals surface area contributed by atoms with E-state index in [-0.39, 0.29) is 43.6 Å². The fraction of sp³-hybridized carbons (Fsp3) is 0.411. The van der Waals surface area contributed by atoms with Crippen molar-refractivity contribution in [2.45, 2.75) is 139 Å². The van der Waals surface area contributed by atoms with E-state index in [0.717, 1.165) is 44.9 Å². The maximum atomic E-state index is 12.3. The molecular formula is C56H71F3IrN2O2Si2-2. The summed E-state index contributed by atoms with van der Waals surface area (Å²) in [6.45, 7) is 32.4. The Labute approximate surface area is 410 Å². The van der Waals surface area contributed by atoms with E-state index >= 15 is 0 Å². The van der Waals surface area contributed by atoms with E-state index < -0.39 is 40.4 Å². The van der Waals surface area contributed by atoms with Gasteiger partial charge in [0.15, 0.2) is 5.78 Å². The molecule has 2 heterocycles. The molecule has 0 bridgehead atoms. The predicted octanol–water partition coefficient (Wildman–Crippen LogP) is 15.1. The van der Waals surface area contributed by atoms with Gasteiger partial charge < -0.3 is 15.1 Å². The molecule has 1 atom stereocenters. The number of aliphatic hydroxyl groups is 1. The minimum absolute atomic E-state index is 0. The number of fused-ring (bicyclic) bond motifs is 2. The summed E-state index contributed by atoms with van der Waals surface area (Å²) in [7, 11) is -2.69. The number of benzene rings is 4. The SMILES string of the molecule is CCC(CC)C(=O)/C=C(\O)C(CC)CC(F)(F)F.Cc1[c-]c(-c2nccc3cc([Si](C)(C)C)ccc23)cc(C(C)(C)C)c1.[2H]c1cc2cc([Si](C)(C)C)ccc2c(-c2[c-]c(C)cc(C)c2)n1.[Ir]. The van der Waals surface area contributed by atoms with Crippen LogP contribution in [0.1, 0.15) is 90.9 Å². The number of carbonyl (C=O) groups is 1. The predicted molar refractivity (Wildman–Crippen MR) is 275 cm³/mol. The summed E-state index contributed by atoms with van der Waals surface area (Å²) >= 11 is 0. The average molecular weight is 1110 g/mol. The van der Waals surface area contributed by atoms with Gasteiger partial charge in [-0.15, -0.1) is 69.8 Å². The first-order chi connectivity index (χ1) is 30.5. The number of halogens is 3. The van der Waals surface area contributed by atoms with E-state index in [9.17, 15) is 23.1 Å². The Balaban J connectivity index is 0.000000269. The van der Waals surface area contributed by atoms with Crippen molar-refractivity contribution in [3.63, 3.8) is 0 Å². The van der Waals surface area contributed by atoms with Crippen LogP contribution in [0, 0.1) is 44.7 Å². The minimum atomic E-state index is -4.33. The fourth-order valence-electron chi connectivity index (χ4n) is 7.76. The molecule has 10 heteroatoms. The molecule has 4 nitrogen and oxygen atoms in total. The third kappa shape index (κ3) is 15.7. The Hall–Kier alpha value is -4.22. The van der Waals surface area contributed by atoms with E-state index in [4.69, 9.17) is 6.35 Å². The van der Waals surface area contributed by atoms with Crippen LogP contribution in [0.15, 0.2) is 97.0 Å².